The highest BCUT2D eigenvalue weighted by Gasteiger charge is 2.25. The van der Waals surface area contributed by atoms with Gasteiger partial charge in [-0.15, -0.1) is 0 Å². The third kappa shape index (κ3) is 2.92. The maximum Gasteiger partial charge on any atom is 0.0257 e. The summed E-state index contributed by atoms with van der Waals surface area (Å²) in [5.41, 5.74) is 3.63. The maximum absolute atomic E-state index is 3.63. The molecule has 3 heteroatoms. The molecule has 2 aliphatic heterocycles. The van der Waals surface area contributed by atoms with E-state index in [1.54, 1.807) is 0 Å². The van der Waals surface area contributed by atoms with Crippen molar-refractivity contribution in [1.82, 2.24) is 15.8 Å². The molecule has 3 unspecified atom stereocenters. The standard InChI is InChI=1S/C12H25N3/c1-10-5-3-6-11(2)15(10)14-9-12-7-4-8-13-12/h10-14H,3-9H2,1-2H3. The molecule has 3 atom stereocenters. The first-order chi connectivity index (χ1) is 7.27. The van der Waals surface area contributed by atoms with Gasteiger partial charge < -0.3 is 5.32 Å². The minimum Gasteiger partial charge on any atom is -0.313 e. The van der Waals surface area contributed by atoms with Crippen molar-refractivity contribution in [3.05, 3.63) is 0 Å². The van der Waals surface area contributed by atoms with E-state index in [1.165, 1.54) is 38.6 Å². The van der Waals surface area contributed by atoms with E-state index in [2.05, 4.69) is 29.6 Å². The van der Waals surface area contributed by atoms with Crippen LogP contribution in [0, 0.1) is 0 Å². The second-order valence-corrected chi connectivity index (χ2v) is 5.19. The summed E-state index contributed by atoms with van der Waals surface area (Å²) in [5, 5.41) is 6.01. The zero-order valence-corrected chi connectivity index (χ0v) is 10.1. The lowest BCUT2D eigenvalue weighted by molar-refractivity contribution is 0.0437. The average Bonchev–Trinajstić information content (AvgIpc) is 2.70. The smallest absolute Gasteiger partial charge is 0.0257 e. The number of hydrogen-bond acceptors (Lipinski definition) is 3. The summed E-state index contributed by atoms with van der Waals surface area (Å²) in [6, 6.07) is 2.11. The second kappa shape index (κ2) is 5.28. The van der Waals surface area contributed by atoms with Crippen LogP contribution in [-0.2, 0) is 0 Å². The van der Waals surface area contributed by atoms with E-state index >= 15 is 0 Å². The van der Waals surface area contributed by atoms with Crippen molar-refractivity contribution in [2.24, 2.45) is 0 Å². The van der Waals surface area contributed by atoms with E-state index in [9.17, 15) is 0 Å². The van der Waals surface area contributed by atoms with Gasteiger partial charge in [0.25, 0.3) is 0 Å². The lowest BCUT2D eigenvalue weighted by Crippen LogP contribution is -2.54. The zero-order valence-electron chi connectivity index (χ0n) is 10.1. The van der Waals surface area contributed by atoms with Gasteiger partial charge in [-0.25, -0.2) is 5.01 Å². The fourth-order valence-electron chi connectivity index (χ4n) is 2.88. The third-order valence-electron chi connectivity index (χ3n) is 3.88. The fraction of sp³-hybridized carbons (Fsp3) is 1.00. The number of piperidine rings is 1. The largest absolute Gasteiger partial charge is 0.313 e. The van der Waals surface area contributed by atoms with Crippen molar-refractivity contribution in [2.75, 3.05) is 13.1 Å². The summed E-state index contributed by atoms with van der Waals surface area (Å²) in [4.78, 5) is 0. The highest BCUT2D eigenvalue weighted by molar-refractivity contribution is 4.80. The number of hydrazine groups is 1. The molecule has 0 aromatic carbocycles. The number of nitrogens with zero attached hydrogens (tertiary/aromatic N) is 1. The Bertz CT molecular complexity index is 179. The molecule has 2 rings (SSSR count). The van der Waals surface area contributed by atoms with Crippen LogP contribution in [0.5, 0.6) is 0 Å². The molecule has 88 valence electrons. The SMILES string of the molecule is CC1CCCC(C)N1NCC1CCCN1. The van der Waals surface area contributed by atoms with Crippen LogP contribution in [0.1, 0.15) is 46.0 Å². The topological polar surface area (TPSA) is 27.3 Å². The Labute approximate surface area is 93.6 Å². The lowest BCUT2D eigenvalue weighted by Gasteiger charge is -2.39. The van der Waals surface area contributed by atoms with E-state index in [4.69, 9.17) is 0 Å². The molecule has 0 amide bonds. The summed E-state index contributed by atoms with van der Waals surface area (Å²) in [6.45, 7) is 6.99. The van der Waals surface area contributed by atoms with Crippen molar-refractivity contribution in [2.45, 2.75) is 64.1 Å². The van der Waals surface area contributed by atoms with Crippen molar-refractivity contribution in [3.8, 4) is 0 Å². The molecular formula is C12H25N3. The van der Waals surface area contributed by atoms with E-state index in [-0.39, 0.29) is 0 Å². The van der Waals surface area contributed by atoms with E-state index in [0.717, 1.165) is 6.54 Å². The number of rotatable bonds is 3. The normalized spacial score (nSPS) is 38.4. The maximum atomic E-state index is 3.63. The van der Waals surface area contributed by atoms with Crippen LogP contribution in [0.4, 0.5) is 0 Å². The van der Waals surface area contributed by atoms with Crippen LogP contribution in [0.2, 0.25) is 0 Å². The van der Waals surface area contributed by atoms with E-state index in [1.807, 2.05) is 0 Å². The highest BCUT2D eigenvalue weighted by atomic mass is 15.5. The van der Waals surface area contributed by atoms with Gasteiger partial charge in [0.15, 0.2) is 0 Å². The first kappa shape index (κ1) is 11.4. The monoisotopic (exact) mass is 211 g/mol. The van der Waals surface area contributed by atoms with Crippen LogP contribution in [0.15, 0.2) is 0 Å². The van der Waals surface area contributed by atoms with Gasteiger partial charge in [-0.3, -0.25) is 5.43 Å². The van der Waals surface area contributed by atoms with Gasteiger partial charge in [-0.05, 0) is 46.1 Å². The quantitative estimate of drug-likeness (QED) is 0.741. The van der Waals surface area contributed by atoms with Gasteiger partial charge in [-0.2, -0.15) is 0 Å². The zero-order chi connectivity index (χ0) is 10.7. The molecule has 0 spiro atoms. The van der Waals surface area contributed by atoms with Crippen molar-refractivity contribution in [3.63, 3.8) is 0 Å². The molecule has 0 aromatic rings. The van der Waals surface area contributed by atoms with Crippen molar-refractivity contribution < 1.29 is 0 Å². The molecular weight excluding hydrogens is 186 g/mol. The van der Waals surface area contributed by atoms with E-state index < -0.39 is 0 Å². The molecule has 0 saturated carbocycles. The first-order valence-electron chi connectivity index (χ1n) is 6.52. The molecule has 2 aliphatic rings. The van der Waals surface area contributed by atoms with Crippen LogP contribution in [0.3, 0.4) is 0 Å². The molecule has 2 saturated heterocycles. The molecule has 0 aromatic heterocycles. The van der Waals surface area contributed by atoms with Gasteiger partial charge in [0.1, 0.15) is 0 Å². The number of nitrogens with one attached hydrogen (secondary N) is 2. The second-order valence-electron chi connectivity index (χ2n) is 5.19. The van der Waals surface area contributed by atoms with E-state index in [0.29, 0.717) is 18.1 Å². The summed E-state index contributed by atoms with van der Waals surface area (Å²) in [5.74, 6) is 0. The van der Waals surface area contributed by atoms with Crippen LogP contribution in [-0.4, -0.2) is 36.2 Å². The fourth-order valence-corrected chi connectivity index (χ4v) is 2.88. The number of hydrogen-bond donors (Lipinski definition) is 2. The predicted octanol–water partition coefficient (Wildman–Crippen LogP) is 1.51. The van der Waals surface area contributed by atoms with Gasteiger partial charge in [-0.1, -0.05) is 6.42 Å². The van der Waals surface area contributed by atoms with Crippen LogP contribution < -0.4 is 10.7 Å². The Balaban J connectivity index is 1.75. The molecule has 0 bridgehead atoms. The van der Waals surface area contributed by atoms with Crippen LogP contribution >= 0.6 is 0 Å². The Kier molecular flexibility index (Phi) is 4.00. The molecule has 15 heavy (non-hydrogen) atoms. The van der Waals surface area contributed by atoms with Crippen molar-refractivity contribution in [1.29, 1.82) is 0 Å². The van der Waals surface area contributed by atoms with Crippen LogP contribution in [0.25, 0.3) is 0 Å². The Hall–Kier alpha value is -0.120. The predicted molar refractivity (Wildman–Crippen MR) is 63.6 cm³/mol. The summed E-state index contributed by atoms with van der Waals surface area (Å²) >= 11 is 0. The molecule has 0 aliphatic carbocycles. The minimum atomic E-state index is 0.700. The lowest BCUT2D eigenvalue weighted by atomic mass is 10.00. The highest BCUT2D eigenvalue weighted by Crippen LogP contribution is 2.20. The average molecular weight is 211 g/mol. The Morgan fingerprint density at radius 1 is 1.13 bits per heavy atom. The Morgan fingerprint density at radius 2 is 1.87 bits per heavy atom. The first-order valence-corrected chi connectivity index (χ1v) is 6.52. The van der Waals surface area contributed by atoms with Gasteiger partial charge in [0.2, 0.25) is 0 Å². The summed E-state index contributed by atoms with van der Waals surface area (Å²) in [6.07, 6.45) is 6.76. The molecule has 2 heterocycles. The molecule has 2 fully saturated rings. The molecule has 2 N–H and O–H groups in total. The summed E-state index contributed by atoms with van der Waals surface area (Å²) < 4.78 is 0. The van der Waals surface area contributed by atoms with Gasteiger partial charge in [0, 0.05) is 24.7 Å². The van der Waals surface area contributed by atoms with Crippen molar-refractivity contribution >= 4 is 0 Å². The van der Waals surface area contributed by atoms with Gasteiger partial charge >= 0.3 is 0 Å². The molecule has 0 radical (unpaired) electrons. The molecule has 3 nitrogen and oxygen atoms in total. The Morgan fingerprint density at radius 3 is 2.47 bits per heavy atom. The van der Waals surface area contributed by atoms with Gasteiger partial charge in [0.05, 0.1) is 0 Å². The summed E-state index contributed by atoms with van der Waals surface area (Å²) in [7, 11) is 0. The third-order valence-corrected chi connectivity index (χ3v) is 3.88. The minimum absolute atomic E-state index is 0.700.